The van der Waals surface area contributed by atoms with E-state index in [1.54, 1.807) is 49.2 Å². The maximum absolute atomic E-state index is 14.6. The number of nitrogens with two attached hydrogens (primary N) is 1. The Morgan fingerprint density at radius 1 is 0.932 bits per heavy atom. The maximum Gasteiger partial charge on any atom is 0.275 e. The van der Waals surface area contributed by atoms with E-state index >= 15 is 0 Å². The third-order valence-corrected chi connectivity index (χ3v) is 17.6. The van der Waals surface area contributed by atoms with Crippen molar-refractivity contribution in [3.63, 3.8) is 0 Å². The molecular formula is C54H68N10O8S2. The Bertz CT molecular complexity index is 3200. The first kappa shape index (κ1) is 54.0. The van der Waals surface area contributed by atoms with Crippen LogP contribution in [0, 0.1) is 0 Å². The second-order valence-corrected chi connectivity index (χ2v) is 22.3. The number of nitrogens with zero attached hydrogens (tertiary/aromatic N) is 8. The topological polar surface area (TPSA) is 222 Å². The second kappa shape index (κ2) is 22.7. The van der Waals surface area contributed by atoms with Crippen molar-refractivity contribution in [1.29, 1.82) is 0 Å². The van der Waals surface area contributed by atoms with Crippen LogP contribution in [0.4, 0.5) is 11.4 Å². The molecule has 4 N–H and O–H groups in total. The van der Waals surface area contributed by atoms with Crippen molar-refractivity contribution >= 4 is 49.6 Å². The van der Waals surface area contributed by atoms with Crippen LogP contribution in [0.3, 0.4) is 0 Å². The molecule has 3 aromatic carbocycles. The number of hydrogen-bond donors (Lipinski definition) is 3. The first-order chi connectivity index (χ1) is 35.5. The number of ether oxygens (including phenoxy) is 2. The van der Waals surface area contributed by atoms with Gasteiger partial charge < -0.3 is 30.2 Å². The van der Waals surface area contributed by atoms with Gasteiger partial charge in [-0.1, -0.05) is 62.8 Å². The van der Waals surface area contributed by atoms with E-state index in [1.807, 2.05) is 74.3 Å². The number of hydrogen-bond acceptors (Lipinski definition) is 13. The average Bonchev–Trinajstić information content (AvgIpc) is 3.71. The zero-order valence-corrected chi connectivity index (χ0v) is 45.2. The number of piperazine rings is 1. The Morgan fingerprint density at radius 3 is 2.24 bits per heavy atom. The molecule has 74 heavy (non-hydrogen) atoms. The number of anilines is 1. The number of aliphatic hydroxyl groups is 1. The van der Waals surface area contributed by atoms with Gasteiger partial charge in [-0.2, -0.15) is 9.40 Å². The number of H-pyrrole nitrogens is 1. The van der Waals surface area contributed by atoms with Gasteiger partial charge in [0.25, 0.3) is 11.5 Å². The van der Waals surface area contributed by atoms with Gasteiger partial charge in [-0.15, -0.1) is 0 Å². The van der Waals surface area contributed by atoms with Gasteiger partial charge in [0.15, 0.2) is 5.69 Å². The Morgan fingerprint density at radius 2 is 1.59 bits per heavy atom. The Labute approximate surface area is 436 Å². The normalized spacial score (nSPS) is 17.6. The lowest BCUT2D eigenvalue weighted by Gasteiger charge is -2.49. The van der Waals surface area contributed by atoms with Crippen molar-refractivity contribution in [1.82, 2.24) is 33.3 Å². The van der Waals surface area contributed by atoms with Crippen LogP contribution in [0.5, 0.6) is 11.5 Å². The minimum Gasteiger partial charge on any atom is -0.493 e. The van der Waals surface area contributed by atoms with Gasteiger partial charge in [0.05, 0.1) is 40.0 Å². The maximum atomic E-state index is 14.6. The van der Waals surface area contributed by atoms with Crippen molar-refractivity contribution in [3.05, 3.63) is 117 Å². The quantitative estimate of drug-likeness (QED) is 0.0583. The SMILES string of the molecule is CCCC1=C=C(C)N(C)c2c1nc(-c1cc(S(=O)N3CCC(c4ccccc4)(C(O)N4CCN(S(=O)(=O)c5ccc(OCC)c(C(C)=Nc6c(CCC)nn(C)c6C(N)=O)c5)CC4)CC3)ccc1OCC)[nH]c2=O. The molecule has 0 aliphatic carbocycles. The largest absolute Gasteiger partial charge is 0.493 e. The predicted octanol–water partition coefficient (Wildman–Crippen LogP) is 6.68. The van der Waals surface area contributed by atoms with E-state index in [4.69, 9.17) is 25.2 Å². The highest BCUT2D eigenvalue weighted by atomic mass is 32.2. The number of aromatic amines is 1. The van der Waals surface area contributed by atoms with Gasteiger partial charge in [0, 0.05) is 75.6 Å². The average molecular weight is 1050 g/mol. The summed E-state index contributed by atoms with van der Waals surface area (Å²) in [6.07, 6.45) is 2.82. The molecule has 2 atom stereocenters. The molecule has 5 heterocycles. The van der Waals surface area contributed by atoms with Crippen molar-refractivity contribution in [3.8, 4) is 22.9 Å². The first-order valence-corrected chi connectivity index (χ1v) is 28.0. The minimum absolute atomic E-state index is 0.0567. The fourth-order valence-electron chi connectivity index (χ4n) is 10.3. The van der Waals surface area contributed by atoms with E-state index in [0.29, 0.717) is 114 Å². The lowest BCUT2D eigenvalue weighted by Crippen LogP contribution is -2.60. The number of amides is 1. The van der Waals surface area contributed by atoms with Crippen LogP contribution < -0.4 is 25.7 Å². The number of allylic oxidation sites excluding steroid dienone is 1. The van der Waals surface area contributed by atoms with E-state index in [-0.39, 0.29) is 42.3 Å². The Kier molecular flexibility index (Phi) is 16.6. The number of nitrogens with one attached hydrogen (secondary N) is 1. The molecule has 1 amide bonds. The number of rotatable bonds is 19. The van der Waals surface area contributed by atoms with Crippen LogP contribution in [0.2, 0.25) is 0 Å². The Hall–Kier alpha value is -6.25. The molecule has 2 unspecified atom stereocenters. The fourth-order valence-corrected chi connectivity index (χ4v) is 13.0. The van der Waals surface area contributed by atoms with Crippen LogP contribution in [0.15, 0.2) is 97.7 Å². The molecule has 20 heteroatoms. The fraction of sp³-hybridized carbons (Fsp3) is 0.444. The number of carbonyl (C=O) groups is 1. The molecular weight excluding hydrogens is 981 g/mol. The Balaban J connectivity index is 1.01. The summed E-state index contributed by atoms with van der Waals surface area (Å²) in [5, 5.41) is 17.0. The molecule has 3 aliphatic heterocycles. The molecule has 2 aromatic heterocycles. The molecule has 5 aromatic rings. The summed E-state index contributed by atoms with van der Waals surface area (Å²) < 4.78 is 60.3. The van der Waals surface area contributed by atoms with E-state index in [1.165, 1.54) is 15.1 Å². The number of piperidine rings is 1. The summed E-state index contributed by atoms with van der Waals surface area (Å²) >= 11 is 0. The second-order valence-electron chi connectivity index (χ2n) is 18.9. The summed E-state index contributed by atoms with van der Waals surface area (Å²) in [7, 11) is -2.21. The molecule has 18 nitrogen and oxygen atoms in total. The number of benzene rings is 3. The highest BCUT2D eigenvalue weighted by molar-refractivity contribution is 7.89. The van der Waals surface area contributed by atoms with Crippen LogP contribution in [-0.2, 0) is 39.9 Å². The monoisotopic (exact) mass is 1050 g/mol. The molecule has 3 aliphatic rings. The van der Waals surface area contributed by atoms with E-state index < -0.39 is 38.6 Å². The van der Waals surface area contributed by atoms with Crippen molar-refractivity contribution in [2.45, 2.75) is 102 Å². The lowest BCUT2D eigenvalue weighted by atomic mass is 9.71. The van der Waals surface area contributed by atoms with E-state index in [9.17, 15) is 27.3 Å². The summed E-state index contributed by atoms with van der Waals surface area (Å²) in [4.78, 5) is 43.4. The summed E-state index contributed by atoms with van der Waals surface area (Å²) in [6, 6.07) is 19.9. The number of carbonyl (C=O) groups excluding carboxylic acids is 1. The first-order valence-electron chi connectivity index (χ1n) is 25.4. The van der Waals surface area contributed by atoms with Crippen molar-refractivity contribution in [2.24, 2.45) is 17.8 Å². The molecule has 8 rings (SSSR count). The van der Waals surface area contributed by atoms with Crippen LogP contribution in [0.1, 0.15) is 107 Å². The number of aryl methyl sites for hydroxylation is 2. The molecule has 2 saturated heterocycles. The highest BCUT2D eigenvalue weighted by Crippen LogP contribution is 2.42. The summed E-state index contributed by atoms with van der Waals surface area (Å²) in [5.74, 6) is 0.572. The molecule has 0 spiro atoms. The molecule has 0 radical (unpaired) electrons. The van der Waals surface area contributed by atoms with Crippen molar-refractivity contribution < 1.29 is 32.0 Å². The number of aliphatic imine (C=N–C) groups is 1. The standard InChI is InChI=1S/C54H68N10O8S2/c1-9-16-37-32-35(5)60(7)49-46(37)57-51(58-52(49)66)42-33-39(20-22-45(42)72-12-4)73(68)63-26-24-54(25-27-63,38-18-14-13-15-19-38)53(67)62-28-30-64(31-29-62)74(69,70)40-21-23-44(71-11-3)41(34-40)36(6)56-47-43(17-10-2)59-61(8)48(47)50(55)65/h13-15,18-23,33-34,53,67H,9-12,16-17,24-31H2,1-8H3,(H2,55,65)(H,57,58,66). The number of aromatic nitrogens is 4. The molecule has 0 saturated carbocycles. The van der Waals surface area contributed by atoms with Gasteiger partial charge >= 0.3 is 0 Å². The minimum atomic E-state index is -4.04. The smallest absolute Gasteiger partial charge is 0.275 e. The van der Waals surface area contributed by atoms with Gasteiger partial charge in [0.2, 0.25) is 10.0 Å². The number of fused-ring (bicyclic) bond motifs is 1. The summed E-state index contributed by atoms with van der Waals surface area (Å²) in [5.41, 5.74) is 14.3. The van der Waals surface area contributed by atoms with E-state index in [2.05, 4.69) is 22.7 Å². The van der Waals surface area contributed by atoms with Gasteiger partial charge in [-0.25, -0.2) is 26.9 Å². The number of sulfonamides is 1. The zero-order valence-electron chi connectivity index (χ0n) is 43.6. The van der Waals surface area contributed by atoms with Crippen LogP contribution in [0.25, 0.3) is 17.0 Å². The molecule has 2 fully saturated rings. The van der Waals surface area contributed by atoms with Crippen molar-refractivity contribution in [2.75, 3.05) is 64.4 Å². The van der Waals surface area contributed by atoms with Crippen LogP contribution in [-0.4, -0.2) is 128 Å². The van der Waals surface area contributed by atoms with Gasteiger partial charge in [-0.05, 0) is 95.3 Å². The number of aliphatic hydroxyl groups excluding tert-OH is 1. The molecule has 394 valence electrons. The van der Waals surface area contributed by atoms with Gasteiger partial charge in [-0.3, -0.25) is 19.2 Å². The molecule has 0 bridgehead atoms. The zero-order chi connectivity index (χ0) is 53.1. The van der Waals surface area contributed by atoms with Crippen LogP contribution >= 0.6 is 0 Å². The predicted molar refractivity (Wildman–Crippen MR) is 288 cm³/mol. The highest BCUT2D eigenvalue weighted by Gasteiger charge is 2.47. The number of primary amides is 1. The third-order valence-electron chi connectivity index (χ3n) is 14.2. The summed E-state index contributed by atoms with van der Waals surface area (Å²) in [6.45, 7) is 13.7. The van der Waals surface area contributed by atoms with E-state index in [0.717, 1.165) is 29.7 Å². The lowest BCUT2D eigenvalue weighted by molar-refractivity contribution is -0.0824. The van der Waals surface area contributed by atoms with Gasteiger partial charge in [0.1, 0.15) is 51.6 Å². The third kappa shape index (κ3) is 10.5.